The smallest absolute Gasteiger partial charge is 0.371 e. The molecular formula is C10H13NO5. The van der Waals surface area contributed by atoms with Gasteiger partial charge in [0.2, 0.25) is 5.76 Å². The number of aromatic carboxylic acids is 1. The Morgan fingerprint density at radius 2 is 2.12 bits per heavy atom. The van der Waals surface area contributed by atoms with E-state index < -0.39 is 11.9 Å². The standard InChI is InChI=1S/C10H13NO5/c1-6(5-15-2)11-9(12)7-3-4-8(16-7)10(13)14/h3-4,6H,5H2,1-2H3,(H,11,12)(H,13,14). The number of carbonyl (C=O) groups is 2. The molecule has 0 aromatic carbocycles. The number of furan rings is 1. The van der Waals surface area contributed by atoms with Gasteiger partial charge in [0.1, 0.15) is 0 Å². The molecule has 2 N–H and O–H groups in total. The Hall–Kier alpha value is -1.82. The van der Waals surface area contributed by atoms with Gasteiger partial charge in [0, 0.05) is 13.2 Å². The van der Waals surface area contributed by atoms with E-state index in [0.29, 0.717) is 6.61 Å². The summed E-state index contributed by atoms with van der Waals surface area (Å²) in [6.07, 6.45) is 0. The van der Waals surface area contributed by atoms with Crippen molar-refractivity contribution in [2.45, 2.75) is 13.0 Å². The summed E-state index contributed by atoms with van der Waals surface area (Å²) < 4.78 is 9.68. The zero-order valence-corrected chi connectivity index (χ0v) is 9.02. The topological polar surface area (TPSA) is 88.8 Å². The third-order valence-electron chi connectivity index (χ3n) is 1.83. The van der Waals surface area contributed by atoms with Crippen LogP contribution in [0.1, 0.15) is 28.0 Å². The Bertz CT molecular complexity index is 384. The van der Waals surface area contributed by atoms with E-state index in [-0.39, 0.29) is 17.6 Å². The molecule has 6 nitrogen and oxygen atoms in total. The second-order valence-corrected chi connectivity index (χ2v) is 3.30. The van der Waals surface area contributed by atoms with Crippen molar-refractivity contribution in [1.29, 1.82) is 0 Å². The maximum Gasteiger partial charge on any atom is 0.371 e. The molecule has 1 heterocycles. The molecule has 88 valence electrons. The number of amides is 1. The van der Waals surface area contributed by atoms with Gasteiger partial charge in [0.15, 0.2) is 5.76 Å². The predicted molar refractivity (Wildman–Crippen MR) is 54.5 cm³/mol. The number of methoxy groups -OCH3 is 1. The Labute approximate surface area is 92.2 Å². The fourth-order valence-corrected chi connectivity index (χ4v) is 1.16. The number of hydrogen-bond acceptors (Lipinski definition) is 4. The number of hydrogen-bond donors (Lipinski definition) is 2. The van der Waals surface area contributed by atoms with Crippen molar-refractivity contribution in [2.75, 3.05) is 13.7 Å². The highest BCUT2D eigenvalue weighted by Crippen LogP contribution is 2.07. The lowest BCUT2D eigenvalue weighted by Gasteiger charge is -2.10. The van der Waals surface area contributed by atoms with Crippen molar-refractivity contribution >= 4 is 11.9 Å². The van der Waals surface area contributed by atoms with Crippen molar-refractivity contribution < 1.29 is 23.8 Å². The maximum atomic E-state index is 11.5. The van der Waals surface area contributed by atoms with Crippen molar-refractivity contribution in [2.24, 2.45) is 0 Å². The van der Waals surface area contributed by atoms with Crippen LogP contribution >= 0.6 is 0 Å². The molecule has 0 aliphatic carbocycles. The molecule has 0 aliphatic heterocycles. The average molecular weight is 227 g/mol. The van der Waals surface area contributed by atoms with Crippen LogP contribution in [0.2, 0.25) is 0 Å². The molecule has 1 aromatic heterocycles. The van der Waals surface area contributed by atoms with E-state index in [1.165, 1.54) is 19.2 Å². The number of carboxylic acids is 1. The van der Waals surface area contributed by atoms with Gasteiger partial charge in [-0.25, -0.2) is 4.79 Å². The van der Waals surface area contributed by atoms with Gasteiger partial charge in [0.25, 0.3) is 5.91 Å². The number of ether oxygens (including phenoxy) is 1. The molecule has 16 heavy (non-hydrogen) atoms. The number of rotatable bonds is 5. The second-order valence-electron chi connectivity index (χ2n) is 3.30. The summed E-state index contributed by atoms with van der Waals surface area (Å²) in [6, 6.07) is 2.38. The first-order valence-electron chi connectivity index (χ1n) is 4.67. The molecular weight excluding hydrogens is 214 g/mol. The highest BCUT2D eigenvalue weighted by atomic mass is 16.5. The molecule has 1 unspecified atom stereocenters. The van der Waals surface area contributed by atoms with E-state index in [1.807, 2.05) is 0 Å². The predicted octanol–water partition coefficient (Wildman–Crippen LogP) is 0.743. The summed E-state index contributed by atoms with van der Waals surface area (Å²) in [5.74, 6) is -1.95. The molecule has 0 radical (unpaired) electrons. The molecule has 0 saturated carbocycles. The summed E-state index contributed by atoms with van der Waals surface area (Å²) in [6.45, 7) is 2.14. The van der Waals surface area contributed by atoms with E-state index in [0.717, 1.165) is 0 Å². The minimum Gasteiger partial charge on any atom is -0.475 e. The lowest BCUT2D eigenvalue weighted by atomic mass is 10.3. The molecule has 1 rings (SSSR count). The fourth-order valence-electron chi connectivity index (χ4n) is 1.16. The summed E-state index contributed by atoms with van der Waals surface area (Å²) in [7, 11) is 1.53. The van der Waals surface area contributed by atoms with E-state index in [4.69, 9.17) is 14.3 Å². The Kier molecular flexibility index (Phi) is 4.07. The van der Waals surface area contributed by atoms with Gasteiger partial charge in [-0.2, -0.15) is 0 Å². The first-order valence-corrected chi connectivity index (χ1v) is 4.67. The summed E-state index contributed by atoms with van der Waals surface area (Å²) in [5.41, 5.74) is 0. The lowest BCUT2D eigenvalue weighted by Crippen LogP contribution is -2.35. The minimum atomic E-state index is -1.20. The molecule has 0 spiro atoms. The first kappa shape index (κ1) is 12.3. The SMILES string of the molecule is COCC(C)NC(=O)c1ccc(C(=O)O)o1. The Balaban J connectivity index is 2.62. The zero-order chi connectivity index (χ0) is 12.1. The van der Waals surface area contributed by atoms with E-state index >= 15 is 0 Å². The molecule has 0 bridgehead atoms. The summed E-state index contributed by atoms with van der Waals surface area (Å²) >= 11 is 0. The van der Waals surface area contributed by atoms with Crippen LogP contribution < -0.4 is 5.32 Å². The van der Waals surface area contributed by atoms with E-state index in [1.54, 1.807) is 6.92 Å². The minimum absolute atomic E-state index is 0.0275. The van der Waals surface area contributed by atoms with Gasteiger partial charge in [-0.3, -0.25) is 4.79 Å². The number of carbonyl (C=O) groups excluding carboxylic acids is 1. The molecule has 6 heteroatoms. The van der Waals surface area contributed by atoms with Gasteiger partial charge in [0.05, 0.1) is 6.61 Å². The normalized spacial score (nSPS) is 12.1. The molecule has 1 atom stereocenters. The maximum absolute atomic E-state index is 11.5. The van der Waals surface area contributed by atoms with Crippen molar-refractivity contribution in [1.82, 2.24) is 5.32 Å². The van der Waals surface area contributed by atoms with Crippen molar-refractivity contribution in [3.05, 3.63) is 23.7 Å². The monoisotopic (exact) mass is 227 g/mol. The molecule has 0 aliphatic rings. The van der Waals surface area contributed by atoms with Crippen LogP contribution in [0, 0.1) is 0 Å². The van der Waals surface area contributed by atoms with Gasteiger partial charge < -0.3 is 19.6 Å². The van der Waals surface area contributed by atoms with Crippen LogP contribution in [-0.2, 0) is 4.74 Å². The van der Waals surface area contributed by atoms with Crippen LogP contribution in [0.5, 0.6) is 0 Å². The third-order valence-corrected chi connectivity index (χ3v) is 1.83. The zero-order valence-electron chi connectivity index (χ0n) is 9.02. The van der Waals surface area contributed by atoms with Crippen LogP contribution in [0.4, 0.5) is 0 Å². The highest BCUT2D eigenvalue weighted by molar-refractivity contribution is 5.93. The molecule has 1 amide bonds. The van der Waals surface area contributed by atoms with Crippen LogP contribution in [0.25, 0.3) is 0 Å². The van der Waals surface area contributed by atoms with Gasteiger partial charge in [-0.1, -0.05) is 0 Å². The van der Waals surface area contributed by atoms with Crippen molar-refractivity contribution in [3.63, 3.8) is 0 Å². The van der Waals surface area contributed by atoms with Gasteiger partial charge in [-0.15, -0.1) is 0 Å². The molecule has 0 fully saturated rings. The first-order chi connectivity index (χ1) is 7.54. The van der Waals surface area contributed by atoms with Crippen LogP contribution in [0.15, 0.2) is 16.5 Å². The summed E-state index contributed by atoms with van der Waals surface area (Å²) in [5, 5.41) is 11.2. The van der Waals surface area contributed by atoms with Gasteiger partial charge >= 0.3 is 5.97 Å². The fraction of sp³-hybridized carbons (Fsp3) is 0.400. The molecule has 1 aromatic rings. The van der Waals surface area contributed by atoms with Crippen LogP contribution in [-0.4, -0.2) is 36.7 Å². The average Bonchev–Trinajstić information content (AvgIpc) is 2.66. The Morgan fingerprint density at radius 1 is 1.50 bits per heavy atom. The lowest BCUT2D eigenvalue weighted by molar-refractivity contribution is 0.0659. The van der Waals surface area contributed by atoms with E-state index in [9.17, 15) is 9.59 Å². The summed E-state index contributed by atoms with van der Waals surface area (Å²) in [4.78, 5) is 22.0. The highest BCUT2D eigenvalue weighted by Gasteiger charge is 2.16. The van der Waals surface area contributed by atoms with Gasteiger partial charge in [-0.05, 0) is 19.1 Å². The number of nitrogens with one attached hydrogen (secondary N) is 1. The largest absolute Gasteiger partial charge is 0.475 e. The number of carboxylic acid groups (broad SMARTS) is 1. The quantitative estimate of drug-likeness (QED) is 0.774. The molecule has 0 saturated heterocycles. The third kappa shape index (κ3) is 3.09. The second kappa shape index (κ2) is 5.32. The van der Waals surface area contributed by atoms with Crippen molar-refractivity contribution in [3.8, 4) is 0 Å². The van der Waals surface area contributed by atoms with E-state index in [2.05, 4.69) is 5.32 Å². The Morgan fingerprint density at radius 3 is 2.62 bits per heavy atom. The van der Waals surface area contributed by atoms with Crippen LogP contribution in [0.3, 0.4) is 0 Å².